The van der Waals surface area contributed by atoms with Gasteiger partial charge in [0.1, 0.15) is 11.6 Å². The molecule has 0 aliphatic carbocycles. The van der Waals surface area contributed by atoms with Gasteiger partial charge in [0.15, 0.2) is 0 Å². The molecule has 8 heteroatoms. The molecular formula is C28H45N3O5. The second-order valence-electron chi connectivity index (χ2n) is 11.0. The number of nitrogens with zero attached hydrogens (tertiary/aromatic N) is 3. The zero-order valence-electron chi connectivity index (χ0n) is 22.7. The van der Waals surface area contributed by atoms with Crippen LogP contribution >= 0.6 is 0 Å². The van der Waals surface area contributed by atoms with Gasteiger partial charge in [0.25, 0.3) is 0 Å². The number of carbonyl (C=O) groups is 3. The summed E-state index contributed by atoms with van der Waals surface area (Å²) in [6, 6.07) is -1.44. The number of fused-ring (bicyclic) bond motifs is 1. The van der Waals surface area contributed by atoms with Crippen LogP contribution < -0.4 is 0 Å². The highest BCUT2D eigenvalue weighted by molar-refractivity contribution is 5.99. The minimum Gasteiger partial charge on any atom is -0.394 e. The number of likely N-dealkylation sites (tertiary alicyclic amines) is 1. The molecule has 6 atom stereocenters. The summed E-state index contributed by atoms with van der Waals surface area (Å²) in [5, 5.41) is 10.4. The Kier molecular flexibility index (Phi) is 8.71. The van der Waals surface area contributed by atoms with Crippen molar-refractivity contribution in [2.45, 2.75) is 83.1 Å². The Morgan fingerprint density at radius 1 is 1.19 bits per heavy atom. The van der Waals surface area contributed by atoms with Crippen LogP contribution in [0.4, 0.5) is 0 Å². The third-order valence-corrected chi connectivity index (χ3v) is 8.65. The average Bonchev–Trinajstić information content (AvgIpc) is 3.45. The van der Waals surface area contributed by atoms with Gasteiger partial charge in [-0.15, -0.1) is 13.2 Å². The van der Waals surface area contributed by atoms with Crippen LogP contribution in [0.15, 0.2) is 25.3 Å². The van der Waals surface area contributed by atoms with Gasteiger partial charge in [-0.1, -0.05) is 46.3 Å². The molecule has 1 N–H and O–H groups in total. The van der Waals surface area contributed by atoms with Gasteiger partial charge in [-0.3, -0.25) is 14.4 Å². The van der Waals surface area contributed by atoms with E-state index in [1.807, 2.05) is 20.8 Å². The van der Waals surface area contributed by atoms with Crippen molar-refractivity contribution in [1.82, 2.24) is 14.7 Å². The third-order valence-electron chi connectivity index (χ3n) is 8.65. The van der Waals surface area contributed by atoms with Crippen molar-refractivity contribution in [2.24, 2.45) is 17.8 Å². The number of unbranched alkanes of at least 4 members (excludes halogenated alkanes) is 1. The minimum absolute atomic E-state index is 0.0806. The van der Waals surface area contributed by atoms with Crippen LogP contribution in [-0.2, 0) is 19.1 Å². The molecule has 3 saturated heterocycles. The van der Waals surface area contributed by atoms with E-state index in [2.05, 4.69) is 20.1 Å². The number of likely N-dealkylation sites (N-methyl/N-ethyl adjacent to an activating group) is 1. The van der Waals surface area contributed by atoms with E-state index in [9.17, 15) is 19.5 Å². The molecule has 3 aliphatic rings. The maximum Gasteiger partial charge on any atom is 0.248 e. The fourth-order valence-electron chi connectivity index (χ4n) is 6.78. The first kappa shape index (κ1) is 28.4. The van der Waals surface area contributed by atoms with E-state index in [0.717, 1.165) is 12.8 Å². The van der Waals surface area contributed by atoms with Crippen molar-refractivity contribution in [2.75, 3.05) is 33.3 Å². The maximum absolute atomic E-state index is 14.3. The SMILES string of the molecule is C=CCN(C)C(=O)[C@H]1[C@H]2C(=O)N([C@@H](CO)C(C)C)C(C(=O)N(CC=C)CCCC)C23CC[C@]1(CC)O3. The Balaban J connectivity index is 2.16. The molecule has 2 bridgehead atoms. The number of aliphatic hydroxyl groups excluding tert-OH is 1. The first-order chi connectivity index (χ1) is 17.1. The largest absolute Gasteiger partial charge is 0.394 e. The van der Waals surface area contributed by atoms with Gasteiger partial charge in [0.05, 0.1) is 30.1 Å². The zero-order chi connectivity index (χ0) is 26.8. The monoisotopic (exact) mass is 503 g/mol. The number of aliphatic hydroxyl groups is 1. The Bertz CT molecular complexity index is 875. The van der Waals surface area contributed by atoms with Crippen LogP contribution in [0.3, 0.4) is 0 Å². The van der Waals surface area contributed by atoms with Crippen molar-refractivity contribution >= 4 is 17.7 Å². The molecule has 3 aliphatic heterocycles. The predicted molar refractivity (Wildman–Crippen MR) is 139 cm³/mol. The number of hydrogen-bond acceptors (Lipinski definition) is 5. The maximum atomic E-state index is 14.3. The molecule has 0 aromatic rings. The summed E-state index contributed by atoms with van der Waals surface area (Å²) in [6.45, 7) is 16.5. The van der Waals surface area contributed by atoms with Crippen LogP contribution in [0, 0.1) is 17.8 Å². The third kappa shape index (κ3) is 4.30. The molecule has 0 saturated carbocycles. The highest BCUT2D eigenvalue weighted by Gasteiger charge is 2.79. The second kappa shape index (κ2) is 11.1. The van der Waals surface area contributed by atoms with Crippen molar-refractivity contribution in [1.29, 1.82) is 0 Å². The average molecular weight is 504 g/mol. The predicted octanol–water partition coefficient (Wildman–Crippen LogP) is 2.62. The molecule has 0 aromatic carbocycles. The van der Waals surface area contributed by atoms with E-state index in [-0.39, 0.29) is 30.2 Å². The first-order valence-corrected chi connectivity index (χ1v) is 13.5. The van der Waals surface area contributed by atoms with Crippen molar-refractivity contribution in [3.05, 3.63) is 25.3 Å². The molecule has 0 aromatic heterocycles. The van der Waals surface area contributed by atoms with E-state index >= 15 is 0 Å². The van der Waals surface area contributed by atoms with E-state index < -0.39 is 35.1 Å². The fourth-order valence-corrected chi connectivity index (χ4v) is 6.78. The topological polar surface area (TPSA) is 90.4 Å². The Morgan fingerprint density at radius 2 is 1.86 bits per heavy atom. The molecule has 3 heterocycles. The number of rotatable bonds is 13. The lowest BCUT2D eigenvalue weighted by Crippen LogP contribution is -2.59. The fraction of sp³-hybridized carbons (Fsp3) is 0.750. The van der Waals surface area contributed by atoms with E-state index in [1.54, 1.807) is 33.9 Å². The lowest BCUT2D eigenvalue weighted by Gasteiger charge is -2.40. The van der Waals surface area contributed by atoms with Gasteiger partial charge in [0.2, 0.25) is 17.7 Å². The molecule has 202 valence electrons. The normalized spacial score (nSPS) is 31.5. The summed E-state index contributed by atoms with van der Waals surface area (Å²) in [7, 11) is 1.72. The van der Waals surface area contributed by atoms with Gasteiger partial charge in [-0.05, 0) is 31.6 Å². The van der Waals surface area contributed by atoms with Gasteiger partial charge in [-0.2, -0.15) is 0 Å². The van der Waals surface area contributed by atoms with Gasteiger partial charge >= 0.3 is 0 Å². The number of ether oxygens (including phenoxy) is 1. The molecular weight excluding hydrogens is 458 g/mol. The first-order valence-electron chi connectivity index (χ1n) is 13.5. The lowest BCUT2D eigenvalue weighted by atomic mass is 9.64. The van der Waals surface area contributed by atoms with Crippen LogP contribution in [-0.4, -0.2) is 94.1 Å². The summed E-state index contributed by atoms with van der Waals surface area (Å²) in [6.07, 6.45) is 6.85. The van der Waals surface area contributed by atoms with E-state index in [0.29, 0.717) is 38.9 Å². The summed E-state index contributed by atoms with van der Waals surface area (Å²) >= 11 is 0. The van der Waals surface area contributed by atoms with Crippen LogP contribution in [0.5, 0.6) is 0 Å². The summed E-state index contributed by atoms with van der Waals surface area (Å²) in [4.78, 5) is 47.3. The van der Waals surface area contributed by atoms with Crippen molar-refractivity contribution in [3.63, 3.8) is 0 Å². The lowest BCUT2D eigenvalue weighted by molar-refractivity contribution is -0.158. The van der Waals surface area contributed by atoms with Crippen LogP contribution in [0.2, 0.25) is 0 Å². The number of hydrogen-bond donors (Lipinski definition) is 1. The standard InChI is InChI=1S/C28H45N3O5/c1-8-12-17-30(16-10-3)26(35)23-28-14-13-27(11-4,36-28)21(24(33)29(7)15-9-2)22(28)25(34)31(23)20(18-32)19(5)6/h9-10,19-23,32H,2-3,8,11-18H2,1,4-7H3/t20-,21+,22-,23?,27-,28?/m0/s1. The molecule has 1 spiro atoms. The van der Waals surface area contributed by atoms with Gasteiger partial charge in [-0.25, -0.2) is 0 Å². The minimum atomic E-state index is -1.09. The highest BCUT2D eigenvalue weighted by Crippen LogP contribution is 2.65. The Morgan fingerprint density at radius 3 is 2.39 bits per heavy atom. The zero-order valence-corrected chi connectivity index (χ0v) is 22.7. The smallest absolute Gasteiger partial charge is 0.248 e. The van der Waals surface area contributed by atoms with Crippen molar-refractivity contribution in [3.8, 4) is 0 Å². The van der Waals surface area contributed by atoms with E-state index in [1.165, 1.54) is 0 Å². The molecule has 3 fully saturated rings. The number of carbonyl (C=O) groups excluding carboxylic acids is 3. The quantitative estimate of drug-likeness (QED) is 0.390. The number of amides is 3. The Hall–Kier alpha value is -2.19. The summed E-state index contributed by atoms with van der Waals surface area (Å²) in [5.41, 5.74) is -1.87. The molecule has 0 radical (unpaired) electrons. The highest BCUT2D eigenvalue weighted by atomic mass is 16.5. The van der Waals surface area contributed by atoms with Crippen molar-refractivity contribution < 1.29 is 24.2 Å². The molecule has 8 nitrogen and oxygen atoms in total. The summed E-state index contributed by atoms with van der Waals surface area (Å²) in [5.74, 6) is -2.10. The molecule has 3 rings (SSSR count). The molecule has 3 amide bonds. The van der Waals surface area contributed by atoms with E-state index in [4.69, 9.17) is 4.74 Å². The van der Waals surface area contributed by atoms with Crippen LogP contribution in [0.1, 0.15) is 59.8 Å². The summed E-state index contributed by atoms with van der Waals surface area (Å²) < 4.78 is 6.83. The molecule has 36 heavy (non-hydrogen) atoms. The van der Waals surface area contributed by atoms with Gasteiger partial charge in [0, 0.05) is 26.7 Å². The van der Waals surface area contributed by atoms with Gasteiger partial charge < -0.3 is 24.5 Å². The van der Waals surface area contributed by atoms with Crippen LogP contribution in [0.25, 0.3) is 0 Å². The molecule has 2 unspecified atom stereocenters. The Labute approximate surface area is 216 Å². The second-order valence-corrected chi connectivity index (χ2v) is 11.0.